The number of anilines is 1. The SMILES string of the molecule is Cc1cc(NCC(=O)N2CCNCC2)nc(C(C)C)n1. The number of rotatable bonds is 4. The molecule has 1 fully saturated rings. The van der Waals surface area contributed by atoms with Gasteiger partial charge in [-0.2, -0.15) is 0 Å². The monoisotopic (exact) mass is 277 g/mol. The Morgan fingerprint density at radius 2 is 2.10 bits per heavy atom. The number of aromatic nitrogens is 2. The first-order valence-electron chi connectivity index (χ1n) is 7.14. The van der Waals surface area contributed by atoms with Crippen LogP contribution in [-0.4, -0.2) is 53.5 Å². The summed E-state index contributed by atoms with van der Waals surface area (Å²) < 4.78 is 0. The zero-order valence-electron chi connectivity index (χ0n) is 12.4. The van der Waals surface area contributed by atoms with E-state index in [4.69, 9.17) is 0 Å². The Bertz CT molecular complexity index is 469. The molecule has 1 saturated heterocycles. The third-order valence-electron chi connectivity index (χ3n) is 3.28. The van der Waals surface area contributed by atoms with Gasteiger partial charge in [0, 0.05) is 43.9 Å². The Morgan fingerprint density at radius 3 is 2.75 bits per heavy atom. The van der Waals surface area contributed by atoms with Gasteiger partial charge in [-0.1, -0.05) is 13.8 Å². The number of hydrogen-bond donors (Lipinski definition) is 2. The number of nitrogens with zero attached hydrogens (tertiary/aromatic N) is 3. The van der Waals surface area contributed by atoms with Crippen molar-refractivity contribution in [1.82, 2.24) is 20.2 Å². The summed E-state index contributed by atoms with van der Waals surface area (Å²) in [6.07, 6.45) is 0. The van der Waals surface area contributed by atoms with Gasteiger partial charge in [0.2, 0.25) is 5.91 Å². The summed E-state index contributed by atoms with van der Waals surface area (Å²) in [6.45, 7) is 9.65. The van der Waals surface area contributed by atoms with E-state index in [0.29, 0.717) is 0 Å². The van der Waals surface area contributed by atoms with Crippen molar-refractivity contribution in [3.8, 4) is 0 Å². The number of nitrogens with one attached hydrogen (secondary N) is 2. The largest absolute Gasteiger partial charge is 0.361 e. The molecule has 110 valence electrons. The third-order valence-corrected chi connectivity index (χ3v) is 3.28. The van der Waals surface area contributed by atoms with Crippen LogP contribution in [0.1, 0.15) is 31.3 Å². The van der Waals surface area contributed by atoms with Crippen molar-refractivity contribution in [2.45, 2.75) is 26.7 Å². The minimum absolute atomic E-state index is 0.119. The van der Waals surface area contributed by atoms with Crippen LogP contribution < -0.4 is 10.6 Å². The van der Waals surface area contributed by atoms with Crippen LogP contribution in [0.25, 0.3) is 0 Å². The highest BCUT2D eigenvalue weighted by atomic mass is 16.2. The number of carbonyl (C=O) groups is 1. The Balaban J connectivity index is 1.94. The summed E-state index contributed by atoms with van der Waals surface area (Å²) in [4.78, 5) is 22.8. The van der Waals surface area contributed by atoms with Crippen molar-refractivity contribution < 1.29 is 4.79 Å². The number of hydrogen-bond acceptors (Lipinski definition) is 5. The normalized spacial score (nSPS) is 15.5. The van der Waals surface area contributed by atoms with Crippen LogP contribution in [0.3, 0.4) is 0 Å². The van der Waals surface area contributed by atoms with E-state index in [9.17, 15) is 4.79 Å². The minimum Gasteiger partial charge on any atom is -0.361 e. The van der Waals surface area contributed by atoms with Crippen LogP contribution in [-0.2, 0) is 4.79 Å². The summed E-state index contributed by atoms with van der Waals surface area (Å²) in [5.74, 6) is 1.93. The molecule has 0 aliphatic carbocycles. The van der Waals surface area contributed by atoms with Gasteiger partial charge in [-0.3, -0.25) is 4.79 Å². The topological polar surface area (TPSA) is 70.2 Å². The molecule has 1 aromatic rings. The molecule has 0 saturated carbocycles. The second kappa shape index (κ2) is 6.65. The van der Waals surface area contributed by atoms with E-state index < -0.39 is 0 Å². The molecule has 1 aromatic heterocycles. The maximum atomic E-state index is 12.1. The van der Waals surface area contributed by atoms with E-state index in [1.54, 1.807) is 0 Å². The molecule has 0 atom stereocenters. The lowest BCUT2D eigenvalue weighted by Gasteiger charge is -2.27. The standard InChI is InChI=1S/C14H23N5O/c1-10(2)14-17-11(3)8-12(18-14)16-9-13(20)19-6-4-15-5-7-19/h8,10,15H,4-7,9H2,1-3H3,(H,16,17,18). The predicted octanol–water partition coefficient (Wildman–Crippen LogP) is 0.752. The zero-order chi connectivity index (χ0) is 14.5. The molecule has 6 heteroatoms. The minimum atomic E-state index is 0.119. The van der Waals surface area contributed by atoms with E-state index in [-0.39, 0.29) is 18.4 Å². The molecule has 2 heterocycles. The number of carbonyl (C=O) groups excluding carboxylic acids is 1. The highest BCUT2D eigenvalue weighted by Gasteiger charge is 2.16. The van der Waals surface area contributed by atoms with Crippen molar-refractivity contribution in [3.63, 3.8) is 0 Å². The molecular weight excluding hydrogens is 254 g/mol. The maximum absolute atomic E-state index is 12.1. The molecule has 1 aliphatic heterocycles. The third kappa shape index (κ3) is 3.90. The lowest BCUT2D eigenvalue weighted by atomic mass is 10.2. The molecule has 2 N–H and O–H groups in total. The molecule has 2 rings (SSSR count). The van der Waals surface area contributed by atoms with Crippen molar-refractivity contribution >= 4 is 11.7 Å². The van der Waals surface area contributed by atoms with Gasteiger partial charge in [-0.25, -0.2) is 9.97 Å². The lowest BCUT2D eigenvalue weighted by molar-refractivity contribution is -0.129. The van der Waals surface area contributed by atoms with E-state index in [2.05, 4.69) is 34.4 Å². The molecular formula is C14H23N5O. The smallest absolute Gasteiger partial charge is 0.242 e. The van der Waals surface area contributed by atoms with E-state index in [0.717, 1.165) is 43.5 Å². The van der Waals surface area contributed by atoms with Crippen molar-refractivity contribution in [1.29, 1.82) is 0 Å². The van der Waals surface area contributed by atoms with Gasteiger partial charge in [-0.05, 0) is 6.92 Å². The average Bonchev–Trinajstić information content (AvgIpc) is 2.45. The van der Waals surface area contributed by atoms with Gasteiger partial charge in [0.1, 0.15) is 11.6 Å². The van der Waals surface area contributed by atoms with Crippen LogP contribution in [0, 0.1) is 6.92 Å². The van der Waals surface area contributed by atoms with E-state index in [1.165, 1.54) is 0 Å². The fraction of sp³-hybridized carbons (Fsp3) is 0.643. The number of piperazine rings is 1. The molecule has 0 aromatic carbocycles. The van der Waals surface area contributed by atoms with E-state index in [1.807, 2.05) is 17.9 Å². The summed E-state index contributed by atoms with van der Waals surface area (Å²) in [7, 11) is 0. The van der Waals surface area contributed by atoms with Crippen molar-refractivity contribution in [2.24, 2.45) is 0 Å². The Labute approximate surface area is 120 Å². The van der Waals surface area contributed by atoms with Gasteiger partial charge in [0.05, 0.1) is 6.54 Å². The van der Waals surface area contributed by atoms with E-state index >= 15 is 0 Å². The fourth-order valence-electron chi connectivity index (χ4n) is 2.13. The second-order valence-electron chi connectivity index (χ2n) is 5.39. The summed E-state index contributed by atoms with van der Waals surface area (Å²) >= 11 is 0. The lowest BCUT2D eigenvalue weighted by Crippen LogP contribution is -2.48. The summed E-state index contributed by atoms with van der Waals surface area (Å²) in [6, 6.07) is 1.87. The van der Waals surface area contributed by atoms with Gasteiger partial charge in [-0.15, -0.1) is 0 Å². The molecule has 1 aliphatic rings. The van der Waals surface area contributed by atoms with Crippen LogP contribution >= 0.6 is 0 Å². The van der Waals surface area contributed by atoms with Crippen molar-refractivity contribution in [2.75, 3.05) is 38.0 Å². The van der Waals surface area contributed by atoms with Gasteiger partial charge in [0.15, 0.2) is 0 Å². The molecule has 0 unspecified atom stereocenters. The predicted molar refractivity (Wildman–Crippen MR) is 78.8 cm³/mol. The molecule has 20 heavy (non-hydrogen) atoms. The van der Waals surface area contributed by atoms with Crippen LogP contribution in [0.15, 0.2) is 6.07 Å². The van der Waals surface area contributed by atoms with Crippen LogP contribution in [0.5, 0.6) is 0 Å². The first kappa shape index (κ1) is 14.7. The molecule has 0 radical (unpaired) electrons. The van der Waals surface area contributed by atoms with Gasteiger partial charge >= 0.3 is 0 Å². The Hall–Kier alpha value is -1.69. The summed E-state index contributed by atoms with van der Waals surface area (Å²) in [5.41, 5.74) is 0.917. The second-order valence-corrected chi connectivity index (χ2v) is 5.39. The number of aryl methyl sites for hydroxylation is 1. The highest BCUT2D eigenvalue weighted by Crippen LogP contribution is 2.13. The van der Waals surface area contributed by atoms with Crippen LogP contribution in [0.4, 0.5) is 5.82 Å². The Kier molecular flexibility index (Phi) is 4.89. The van der Waals surface area contributed by atoms with Crippen molar-refractivity contribution in [3.05, 3.63) is 17.6 Å². The van der Waals surface area contributed by atoms with Crippen LogP contribution in [0.2, 0.25) is 0 Å². The quantitative estimate of drug-likeness (QED) is 0.850. The van der Waals surface area contributed by atoms with Gasteiger partial charge in [0.25, 0.3) is 0 Å². The maximum Gasteiger partial charge on any atom is 0.242 e. The fourth-order valence-corrected chi connectivity index (χ4v) is 2.13. The Morgan fingerprint density at radius 1 is 1.40 bits per heavy atom. The molecule has 1 amide bonds. The average molecular weight is 277 g/mol. The van der Waals surface area contributed by atoms with Gasteiger partial charge < -0.3 is 15.5 Å². The first-order chi connectivity index (χ1) is 9.56. The summed E-state index contributed by atoms with van der Waals surface area (Å²) in [5, 5.41) is 6.35. The highest BCUT2D eigenvalue weighted by molar-refractivity contribution is 5.80. The molecule has 0 spiro atoms. The molecule has 6 nitrogen and oxygen atoms in total. The number of amides is 1. The molecule has 0 bridgehead atoms. The first-order valence-corrected chi connectivity index (χ1v) is 7.14. The zero-order valence-corrected chi connectivity index (χ0v) is 12.4.